The number of rotatable bonds is 5. The molecular formula is C17H17N2O6+. The molecule has 0 aliphatic rings. The summed E-state index contributed by atoms with van der Waals surface area (Å²) >= 11 is 0. The SMILES string of the molecule is COC(=O)c1cc(NC(=O)C[n+]2cccc(O)c2)cc(C(=O)OC)c1. The molecule has 2 rings (SSSR count). The van der Waals surface area contributed by atoms with Crippen LogP contribution in [-0.4, -0.2) is 37.2 Å². The number of carbonyl (C=O) groups is 3. The quantitative estimate of drug-likeness (QED) is 0.616. The number of hydrogen-bond acceptors (Lipinski definition) is 6. The number of carbonyl (C=O) groups excluding carboxylic acids is 3. The van der Waals surface area contributed by atoms with E-state index in [9.17, 15) is 19.5 Å². The average Bonchev–Trinajstić information content (AvgIpc) is 2.59. The fourth-order valence-electron chi connectivity index (χ4n) is 2.14. The van der Waals surface area contributed by atoms with Crippen molar-refractivity contribution in [2.45, 2.75) is 6.54 Å². The number of amides is 1. The van der Waals surface area contributed by atoms with Gasteiger partial charge in [0.05, 0.1) is 25.3 Å². The van der Waals surface area contributed by atoms with E-state index in [-0.39, 0.29) is 29.1 Å². The molecular weight excluding hydrogens is 328 g/mol. The van der Waals surface area contributed by atoms with Crippen molar-refractivity contribution >= 4 is 23.5 Å². The number of nitrogens with zero attached hydrogens (tertiary/aromatic N) is 1. The molecule has 8 heteroatoms. The first-order chi connectivity index (χ1) is 11.9. The summed E-state index contributed by atoms with van der Waals surface area (Å²) in [4.78, 5) is 35.6. The highest BCUT2D eigenvalue weighted by atomic mass is 16.5. The van der Waals surface area contributed by atoms with Crippen molar-refractivity contribution < 1.29 is 33.5 Å². The molecule has 0 aliphatic heterocycles. The maximum absolute atomic E-state index is 12.1. The normalized spacial score (nSPS) is 10.0. The number of hydrogen-bond donors (Lipinski definition) is 2. The van der Waals surface area contributed by atoms with Gasteiger partial charge in [-0.1, -0.05) is 0 Å². The Morgan fingerprint density at radius 2 is 1.68 bits per heavy atom. The standard InChI is InChI=1S/C17H16N2O6/c1-24-16(22)11-6-12(17(23)25-2)8-13(7-11)18-15(21)10-19-5-3-4-14(20)9-19/h3-9H,10H2,1-2H3,(H-,18,20,21)/p+1. The van der Waals surface area contributed by atoms with E-state index in [1.54, 1.807) is 12.3 Å². The van der Waals surface area contributed by atoms with Crippen molar-refractivity contribution in [1.82, 2.24) is 0 Å². The van der Waals surface area contributed by atoms with E-state index in [0.29, 0.717) is 0 Å². The molecule has 8 nitrogen and oxygen atoms in total. The minimum absolute atomic E-state index is 0.0240. The van der Waals surface area contributed by atoms with E-state index in [4.69, 9.17) is 0 Å². The lowest BCUT2D eigenvalue weighted by molar-refractivity contribution is -0.684. The van der Waals surface area contributed by atoms with Crippen LogP contribution >= 0.6 is 0 Å². The number of aromatic hydroxyl groups is 1. The van der Waals surface area contributed by atoms with Crippen LogP contribution in [0.1, 0.15) is 20.7 Å². The number of methoxy groups -OCH3 is 2. The van der Waals surface area contributed by atoms with Crippen LogP contribution in [0.3, 0.4) is 0 Å². The van der Waals surface area contributed by atoms with Gasteiger partial charge in [0.15, 0.2) is 11.9 Å². The van der Waals surface area contributed by atoms with Crippen LogP contribution in [-0.2, 0) is 20.8 Å². The third kappa shape index (κ3) is 4.77. The second kappa shape index (κ2) is 7.91. The predicted octanol–water partition coefficient (Wildman–Crippen LogP) is 0.892. The van der Waals surface area contributed by atoms with E-state index in [2.05, 4.69) is 14.8 Å². The third-order valence-electron chi connectivity index (χ3n) is 3.23. The van der Waals surface area contributed by atoms with Crippen LogP contribution < -0.4 is 9.88 Å². The summed E-state index contributed by atoms with van der Waals surface area (Å²) in [7, 11) is 2.42. The Morgan fingerprint density at radius 3 is 2.20 bits per heavy atom. The van der Waals surface area contributed by atoms with Gasteiger partial charge in [0.1, 0.15) is 0 Å². The van der Waals surface area contributed by atoms with E-state index in [0.717, 1.165) is 0 Å². The van der Waals surface area contributed by atoms with Crippen molar-refractivity contribution in [2.24, 2.45) is 0 Å². The Hall–Kier alpha value is -3.42. The fraction of sp³-hybridized carbons (Fsp3) is 0.176. The van der Waals surface area contributed by atoms with Crippen LogP contribution in [0.25, 0.3) is 0 Å². The van der Waals surface area contributed by atoms with Crippen LogP contribution in [0.4, 0.5) is 5.69 Å². The Balaban J connectivity index is 2.23. The van der Waals surface area contributed by atoms with Crippen LogP contribution in [0.5, 0.6) is 5.75 Å². The zero-order valence-corrected chi connectivity index (χ0v) is 13.7. The maximum Gasteiger partial charge on any atom is 0.337 e. The monoisotopic (exact) mass is 345 g/mol. The van der Waals surface area contributed by atoms with E-state index in [1.807, 2.05) is 0 Å². The van der Waals surface area contributed by atoms with Gasteiger partial charge < -0.3 is 19.9 Å². The Labute approximate surface area is 143 Å². The average molecular weight is 345 g/mol. The molecule has 0 unspecified atom stereocenters. The second-order valence-corrected chi connectivity index (χ2v) is 5.06. The maximum atomic E-state index is 12.1. The Kier molecular flexibility index (Phi) is 5.67. The molecule has 2 aromatic rings. The van der Waals surface area contributed by atoms with Gasteiger partial charge in [-0.05, 0) is 24.3 Å². The van der Waals surface area contributed by atoms with Gasteiger partial charge in [-0.3, -0.25) is 4.79 Å². The van der Waals surface area contributed by atoms with Gasteiger partial charge in [-0.2, -0.15) is 4.57 Å². The molecule has 1 aromatic heterocycles. The molecule has 0 saturated carbocycles. The molecule has 0 aliphatic carbocycles. The van der Waals surface area contributed by atoms with Crippen molar-refractivity contribution in [3.05, 3.63) is 53.9 Å². The zero-order valence-electron chi connectivity index (χ0n) is 13.7. The molecule has 1 heterocycles. The second-order valence-electron chi connectivity index (χ2n) is 5.06. The molecule has 0 bridgehead atoms. The highest BCUT2D eigenvalue weighted by Crippen LogP contribution is 2.17. The Morgan fingerprint density at radius 1 is 1.08 bits per heavy atom. The number of nitrogens with one attached hydrogen (secondary N) is 1. The van der Waals surface area contributed by atoms with Crippen molar-refractivity contribution in [3.8, 4) is 5.75 Å². The van der Waals surface area contributed by atoms with Crippen molar-refractivity contribution in [1.29, 1.82) is 0 Å². The number of esters is 2. The Bertz CT molecular complexity index is 784. The molecule has 0 atom stereocenters. The first kappa shape index (κ1) is 17.9. The van der Waals surface area contributed by atoms with Crippen LogP contribution in [0.15, 0.2) is 42.7 Å². The summed E-state index contributed by atoms with van der Waals surface area (Å²) in [6.07, 6.45) is 3.01. The van der Waals surface area contributed by atoms with E-state index >= 15 is 0 Å². The van der Waals surface area contributed by atoms with Crippen molar-refractivity contribution in [3.63, 3.8) is 0 Å². The fourth-order valence-corrected chi connectivity index (χ4v) is 2.14. The number of benzene rings is 1. The van der Waals surface area contributed by atoms with Crippen LogP contribution in [0, 0.1) is 0 Å². The summed E-state index contributed by atoms with van der Waals surface area (Å²) < 4.78 is 10.8. The predicted molar refractivity (Wildman–Crippen MR) is 86.1 cm³/mol. The number of aromatic nitrogens is 1. The highest BCUT2D eigenvalue weighted by molar-refractivity contribution is 5.99. The molecule has 25 heavy (non-hydrogen) atoms. The number of anilines is 1. The summed E-state index contributed by atoms with van der Waals surface area (Å²) in [5, 5.41) is 12.0. The number of pyridine rings is 1. The van der Waals surface area contributed by atoms with Gasteiger partial charge >= 0.3 is 11.9 Å². The molecule has 0 spiro atoms. The van der Waals surface area contributed by atoms with Gasteiger partial charge in [-0.15, -0.1) is 0 Å². The minimum atomic E-state index is -0.649. The van der Waals surface area contributed by atoms with Gasteiger partial charge in [-0.25, -0.2) is 9.59 Å². The summed E-state index contributed by atoms with van der Waals surface area (Å²) in [5.41, 5.74) is 0.450. The zero-order chi connectivity index (χ0) is 18.4. The molecule has 0 radical (unpaired) electrons. The van der Waals surface area contributed by atoms with E-state index < -0.39 is 17.8 Å². The lowest BCUT2D eigenvalue weighted by atomic mass is 10.1. The van der Waals surface area contributed by atoms with Gasteiger partial charge in [0, 0.05) is 11.8 Å². The van der Waals surface area contributed by atoms with Gasteiger partial charge in [0.2, 0.25) is 12.7 Å². The van der Waals surface area contributed by atoms with Crippen molar-refractivity contribution in [2.75, 3.05) is 19.5 Å². The lowest BCUT2D eigenvalue weighted by Crippen LogP contribution is -2.39. The molecule has 2 N–H and O–H groups in total. The van der Waals surface area contributed by atoms with Gasteiger partial charge in [0.25, 0.3) is 5.91 Å². The molecule has 0 saturated heterocycles. The first-order valence-corrected chi connectivity index (χ1v) is 7.22. The molecule has 1 aromatic carbocycles. The minimum Gasteiger partial charge on any atom is -0.503 e. The largest absolute Gasteiger partial charge is 0.503 e. The topological polar surface area (TPSA) is 106 Å². The summed E-state index contributed by atoms with van der Waals surface area (Å²) in [5.74, 6) is -1.68. The molecule has 1 amide bonds. The third-order valence-corrected chi connectivity index (χ3v) is 3.23. The smallest absolute Gasteiger partial charge is 0.337 e. The van der Waals surface area contributed by atoms with Crippen LogP contribution in [0.2, 0.25) is 0 Å². The van der Waals surface area contributed by atoms with E-state index in [1.165, 1.54) is 49.2 Å². The highest BCUT2D eigenvalue weighted by Gasteiger charge is 2.16. The summed E-state index contributed by atoms with van der Waals surface area (Å²) in [6, 6.07) is 7.18. The summed E-state index contributed by atoms with van der Waals surface area (Å²) in [6.45, 7) is -0.0651. The molecule has 0 fully saturated rings. The lowest BCUT2D eigenvalue weighted by Gasteiger charge is -2.08. The number of ether oxygens (including phenoxy) is 2. The first-order valence-electron chi connectivity index (χ1n) is 7.22. The molecule has 130 valence electrons.